The maximum atomic E-state index is 13.0. The zero-order valence-electron chi connectivity index (χ0n) is 19.1. The molecule has 7 heteroatoms. The van der Waals surface area contributed by atoms with Gasteiger partial charge in [-0.3, -0.25) is 9.59 Å². The molecule has 0 aromatic heterocycles. The molecule has 2 aliphatic rings. The van der Waals surface area contributed by atoms with Gasteiger partial charge in [-0.2, -0.15) is 0 Å². The summed E-state index contributed by atoms with van der Waals surface area (Å²) < 4.78 is 23.2. The average molecular weight is 458 g/mol. The van der Waals surface area contributed by atoms with Gasteiger partial charge in [0.05, 0.1) is 18.1 Å². The number of hydrogen-bond acceptors (Lipinski definition) is 7. The lowest BCUT2D eigenvalue weighted by atomic mass is 9.77. The normalized spacial score (nSPS) is 17.7. The van der Waals surface area contributed by atoms with Crippen LogP contribution in [0, 0.1) is 5.41 Å². The van der Waals surface area contributed by atoms with Crippen LogP contribution < -0.4 is 14.2 Å². The quantitative estimate of drug-likeness (QED) is 0.309. The Morgan fingerprint density at radius 3 is 2.18 bits per heavy atom. The predicted molar refractivity (Wildman–Crippen MR) is 122 cm³/mol. The van der Waals surface area contributed by atoms with Crippen LogP contribution in [0.2, 0.25) is 0 Å². The summed E-state index contributed by atoms with van der Waals surface area (Å²) in [6.07, 6.45) is 0.723. The van der Waals surface area contributed by atoms with Gasteiger partial charge in [-0.15, -0.1) is 0 Å². The van der Waals surface area contributed by atoms with Crippen molar-refractivity contribution in [3.63, 3.8) is 0 Å². The second-order valence-electron chi connectivity index (χ2n) is 9.26. The van der Waals surface area contributed by atoms with E-state index in [0.29, 0.717) is 50.8 Å². The first-order valence-electron chi connectivity index (χ1n) is 10.7. The molecule has 7 nitrogen and oxygen atoms in total. The van der Waals surface area contributed by atoms with Crippen LogP contribution in [0.5, 0.6) is 23.0 Å². The maximum absolute atomic E-state index is 13.0. The van der Waals surface area contributed by atoms with E-state index < -0.39 is 23.0 Å². The lowest BCUT2D eigenvalue weighted by Gasteiger charge is -2.36. The van der Waals surface area contributed by atoms with Gasteiger partial charge in [0, 0.05) is 34.4 Å². The van der Waals surface area contributed by atoms with Crippen LogP contribution in [0.1, 0.15) is 58.2 Å². The first-order valence-corrected chi connectivity index (χ1v) is 10.7. The van der Waals surface area contributed by atoms with Crippen LogP contribution in [-0.2, 0) is 15.1 Å². The summed E-state index contributed by atoms with van der Waals surface area (Å²) in [6.45, 7) is 5.30. The van der Waals surface area contributed by atoms with Crippen LogP contribution in [0.15, 0.2) is 54.6 Å². The Balaban J connectivity index is 1.74. The topological polar surface area (TPSA) is 88.1 Å². The van der Waals surface area contributed by atoms with Crippen molar-refractivity contribution in [2.24, 2.45) is 5.41 Å². The highest BCUT2D eigenvalue weighted by atomic mass is 16.6. The molecule has 2 aliphatic heterocycles. The third-order valence-electron chi connectivity index (χ3n) is 5.97. The van der Waals surface area contributed by atoms with E-state index in [1.54, 1.807) is 82.5 Å². The van der Waals surface area contributed by atoms with E-state index >= 15 is 0 Å². The van der Waals surface area contributed by atoms with Crippen LogP contribution in [0.3, 0.4) is 0 Å². The highest BCUT2D eigenvalue weighted by Gasteiger charge is 2.53. The van der Waals surface area contributed by atoms with E-state index in [9.17, 15) is 14.4 Å². The van der Waals surface area contributed by atoms with Gasteiger partial charge in [0.2, 0.25) is 0 Å². The van der Waals surface area contributed by atoms with E-state index in [-0.39, 0.29) is 0 Å². The molecule has 1 unspecified atom stereocenters. The fourth-order valence-electron chi connectivity index (χ4n) is 4.22. The molecule has 34 heavy (non-hydrogen) atoms. The van der Waals surface area contributed by atoms with Crippen molar-refractivity contribution in [2.45, 2.75) is 26.4 Å². The molecular formula is C27H22O7. The van der Waals surface area contributed by atoms with E-state index in [0.717, 1.165) is 6.29 Å². The maximum Gasteiger partial charge on any atom is 0.340 e. The number of aldehydes is 1. The van der Waals surface area contributed by atoms with Gasteiger partial charge in [0.15, 0.2) is 5.60 Å². The number of benzene rings is 3. The summed E-state index contributed by atoms with van der Waals surface area (Å²) >= 11 is 0. The largest absolute Gasteiger partial charge is 0.497 e. The second-order valence-corrected chi connectivity index (χ2v) is 9.26. The standard InChI is InChI=1S/C27H22O7/c1-26(2,3)25(30)32-17-7-10-20-23(13-17)33-22-12-16(31-4)6-9-19(22)27(20)21-11-15(14-28)5-8-18(21)24(29)34-27/h5-14H,1-4H3. The van der Waals surface area contributed by atoms with Gasteiger partial charge in [-0.05, 0) is 57.2 Å². The van der Waals surface area contributed by atoms with Crippen molar-refractivity contribution >= 4 is 18.2 Å². The molecule has 0 amide bonds. The van der Waals surface area contributed by atoms with Gasteiger partial charge >= 0.3 is 11.9 Å². The average Bonchev–Trinajstić information content (AvgIpc) is 3.10. The minimum atomic E-state index is -1.34. The molecule has 0 N–H and O–H groups in total. The predicted octanol–water partition coefficient (Wildman–Crippen LogP) is 5.03. The van der Waals surface area contributed by atoms with Crippen LogP contribution in [0.4, 0.5) is 0 Å². The molecule has 0 radical (unpaired) electrons. The summed E-state index contributed by atoms with van der Waals surface area (Å²) in [6, 6.07) is 15.0. The molecule has 0 aliphatic carbocycles. The zero-order valence-corrected chi connectivity index (χ0v) is 19.1. The van der Waals surface area contributed by atoms with Crippen LogP contribution in [0.25, 0.3) is 0 Å². The molecule has 0 bridgehead atoms. The van der Waals surface area contributed by atoms with Crippen LogP contribution in [-0.4, -0.2) is 25.3 Å². The van der Waals surface area contributed by atoms with Gasteiger partial charge in [-0.25, -0.2) is 4.79 Å². The monoisotopic (exact) mass is 458 g/mol. The fourth-order valence-corrected chi connectivity index (χ4v) is 4.22. The molecule has 0 saturated carbocycles. The van der Waals surface area contributed by atoms with Gasteiger partial charge in [-0.1, -0.05) is 6.07 Å². The van der Waals surface area contributed by atoms with Crippen molar-refractivity contribution in [3.05, 3.63) is 82.4 Å². The Labute approximate surface area is 196 Å². The van der Waals surface area contributed by atoms with E-state index in [4.69, 9.17) is 18.9 Å². The van der Waals surface area contributed by atoms with Gasteiger partial charge in [0.25, 0.3) is 0 Å². The molecule has 1 spiro atoms. The highest BCUT2D eigenvalue weighted by Crippen LogP contribution is 2.57. The van der Waals surface area contributed by atoms with Crippen molar-refractivity contribution in [3.8, 4) is 23.0 Å². The number of carbonyl (C=O) groups excluding carboxylic acids is 3. The van der Waals surface area contributed by atoms with Gasteiger partial charge in [0.1, 0.15) is 29.3 Å². The molecule has 3 aromatic carbocycles. The SMILES string of the molecule is COc1ccc2c(c1)Oc1cc(OC(=O)C(C)(C)C)ccc1C21OC(=O)c2ccc(C=O)cc21. The molecule has 5 rings (SSSR count). The minimum absolute atomic E-state index is 0.298. The molecule has 0 fully saturated rings. The highest BCUT2D eigenvalue weighted by molar-refractivity contribution is 5.98. The summed E-state index contributed by atoms with van der Waals surface area (Å²) in [4.78, 5) is 36.9. The van der Waals surface area contributed by atoms with E-state index in [1.807, 2.05) is 0 Å². The molecule has 3 aromatic rings. The summed E-state index contributed by atoms with van der Waals surface area (Å²) in [5.74, 6) is 0.726. The second kappa shape index (κ2) is 7.45. The van der Waals surface area contributed by atoms with E-state index in [1.165, 1.54) is 0 Å². The van der Waals surface area contributed by atoms with Crippen molar-refractivity contribution in [1.29, 1.82) is 0 Å². The van der Waals surface area contributed by atoms with E-state index in [2.05, 4.69) is 0 Å². The third-order valence-corrected chi connectivity index (χ3v) is 5.97. The number of carbonyl (C=O) groups is 3. The number of fused-ring (bicyclic) bond motifs is 6. The zero-order chi connectivity index (χ0) is 24.3. The third kappa shape index (κ3) is 3.15. The number of ether oxygens (including phenoxy) is 4. The lowest BCUT2D eigenvalue weighted by Crippen LogP contribution is -2.33. The summed E-state index contributed by atoms with van der Waals surface area (Å²) in [5, 5.41) is 0. The van der Waals surface area contributed by atoms with Gasteiger partial charge < -0.3 is 18.9 Å². The number of rotatable bonds is 3. The Bertz CT molecular complexity index is 1370. The summed E-state index contributed by atoms with van der Waals surface area (Å²) in [7, 11) is 1.54. The number of esters is 2. The van der Waals surface area contributed by atoms with Crippen molar-refractivity contribution in [2.75, 3.05) is 7.11 Å². The molecular weight excluding hydrogens is 436 g/mol. The first kappa shape index (κ1) is 21.7. The lowest BCUT2D eigenvalue weighted by molar-refractivity contribution is -0.143. The van der Waals surface area contributed by atoms with Crippen molar-refractivity contribution < 1.29 is 33.3 Å². The minimum Gasteiger partial charge on any atom is -0.497 e. The Kier molecular flexibility index (Phi) is 4.75. The molecule has 1 atom stereocenters. The number of hydrogen-bond donors (Lipinski definition) is 0. The molecule has 2 heterocycles. The Morgan fingerprint density at radius 1 is 0.912 bits per heavy atom. The Morgan fingerprint density at radius 2 is 1.56 bits per heavy atom. The molecule has 172 valence electrons. The first-order chi connectivity index (χ1) is 16.2. The van der Waals surface area contributed by atoms with Crippen molar-refractivity contribution in [1.82, 2.24) is 0 Å². The van der Waals surface area contributed by atoms with Crippen LogP contribution >= 0.6 is 0 Å². The summed E-state index contributed by atoms with van der Waals surface area (Å²) in [5.41, 5.74) is 0.429. The Hall–Kier alpha value is -4.13. The smallest absolute Gasteiger partial charge is 0.340 e. The fraction of sp³-hybridized carbons (Fsp3) is 0.222. The molecule has 0 saturated heterocycles. The number of methoxy groups -OCH3 is 1.